The van der Waals surface area contributed by atoms with Gasteiger partial charge in [-0.2, -0.15) is 0 Å². The van der Waals surface area contributed by atoms with Gasteiger partial charge in [0, 0.05) is 12.1 Å². The van der Waals surface area contributed by atoms with Crippen molar-refractivity contribution in [2.75, 3.05) is 20.2 Å². The van der Waals surface area contributed by atoms with Crippen molar-refractivity contribution in [1.29, 1.82) is 0 Å². The minimum Gasteiger partial charge on any atom is -0.497 e. The maximum absolute atomic E-state index is 12.0. The number of nitrogens with zero attached hydrogens (tertiary/aromatic N) is 1. The quantitative estimate of drug-likeness (QED) is 0.894. The van der Waals surface area contributed by atoms with Gasteiger partial charge < -0.3 is 10.1 Å². The fourth-order valence-electron chi connectivity index (χ4n) is 2.90. The fourth-order valence-corrected chi connectivity index (χ4v) is 2.90. The van der Waals surface area contributed by atoms with Crippen molar-refractivity contribution >= 4 is 5.91 Å². The van der Waals surface area contributed by atoms with Crippen LogP contribution in [0, 0.1) is 0 Å². The number of carbonyl (C=O) groups excluding carboxylic acids is 1. The molecular formula is C16H22N2O2. The Morgan fingerprint density at radius 3 is 2.70 bits per heavy atom. The van der Waals surface area contributed by atoms with Crippen molar-refractivity contribution in [3.63, 3.8) is 0 Å². The molecule has 4 nitrogen and oxygen atoms in total. The molecular weight excluding hydrogens is 252 g/mol. The van der Waals surface area contributed by atoms with Crippen LogP contribution in [0.15, 0.2) is 24.3 Å². The summed E-state index contributed by atoms with van der Waals surface area (Å²) in [6, 6.07) is 9.03. The van der Waals surface area contributed by atoms with Crippen LogP contribution >= 0.6 is 0 Å². The molecule has 1 amide bonds. The molecule has 3 rings (SSSR count). The molecule has 1 atom stereocenters. The third kappa shape index (κ3) is 3.12. The molecule has 1 aliphatic carbocycles. The molecule has 20 heavy (non-hydrogen) atoms. The molecule has 1 saturated carbocycles. The maximum atomic E-state index is 12.0. The monoisotopic (exact) mass is 274 g/mol. The summed E-state index contributed by atoms with van der Waals surface area (Å²) < 4.78 is 5.20. The number of nitrogens with one attached hydrogen (secondary N) is 1. The SMILES string of the molecule is COc1ccc(C2CCCN2CC(=O)NC2CC2)cc1. The molecule has 0 bridgehead atoms. The lowest BCUT2D eigenvalue weighted by Crippen LogP contribution is -2.37. The van der Waals surface area contributed by atoms with E-state index in [2.05, 4.69) is 22.3 Å². The number of carbonyl (C=O) groups is 1. The summed E-state index contributed by atoms with van der Waals surface area (Å²) in [5.41, 5.74) is 1.28. The zero-order valence-corrected chi connectivity index (χ0v) is 12.0. The molecule has 1 aromatic rings. The predicted octanol–water partition coefficient (Wildman–Crippen LogP) is 2.11. The van der Waals surface area contributed by atoms with Crippen LogP contribution in [0.2, 0.25) is 0 Å². The first-order valence-electron chi connectivity index (χ1n) is 7.43. The van der Waals surface area contributed by atoms with Gasteiger partial charge in [-0.3, -0.25) is 9.69 Å². The molecule has 1 aromatic carbocycles. The molecule has 2 fully saturated rings. The third-order valence-corrected chi connectivity index (χ3v) is 4.15. The van der Waals surface area contributed by atoms with Crippen molar-refractivity contribution in [1.82, 2.24) is 10.2 Å². The van der Waals surface area contributed by atoms with Crippen LogP contribution in [0.4, 0.5) is 0 Å². The lowest BCUT2D eigenvalue weighted by molar-refractivity contribution is -0.122. The van der Waals surface area contributed by atoms with Crippen LogP contribution < -0.4 is 10.1 Å². The normalized spacial score (nSPS) is 22.8. The van der Waals surface area contributed by atoms with Gasteiger partial charge in [-0.15, -0.1) is 0 Å². The minimum absolute atomic E-state index is 0.174. The second kappa shape index (κ2) is 5.83. The Kier molecular flexibility index (Phi) is 3.92. The van der Waals surface area contributed by atoms with E-state index in [1.165, 1.54) is 5.56 Å². The molecule has 1 aliphatic heterocycles. The van der Waals surface area contributed by atoms with E-state index in [0.29, 0.717) is 18.6 Å². The molecule has 108 valence electrons. The Morgan fingerprint density at radius 1 is 1.30 bits per heavy atom. The molecule has 2 aliphatic rings. The van der Waals surface area contributed by atoms with Gasteiger partial charge in [0.2, 0.25) is 5.91 Å². The summed E-state index contributed by atoms with van der Waals surface area (Å²) in [6.07, 6.45) is 4.58. The van der Waals surface area contributed by atoms with Crippen LogP contribution in [0.5, 0.6) is 5.75 Å². The number of ether oxygens (including phenoxy) is 1. The largest absolute Gasteiger partial charge is 0.497 e. The number of benzene rings is 1. The van der Waals surface area contributed by atoms with Gasteiger partial charge in [-0.05, 0) is 49.9 Å². The van der Waals surface area contributed by atoms with Gasteiger partial charge in [-0.25, -0.2) is 0 Å². The van der Waals surface area contributed by atoms with Gasteiger partial charge in [0.1, 0.15) is 5.75 Å². The molecule has 4 heteroatoms. The number of amides is 1. The predicted molar refractivity (Wildman–Crippen MR) is 77.7 cm³/mol. The van der Waals surface area contributed by atoms with Gasteiger partial charge in [0.15, 0.2) is 0 Å². The van der Waals surface area contributed by atoms with Crippen molar-refractivity contribution < 1.29 is 9.53 Å². The van der Waals surface area contributed by atoms with Gasteiger partial charge in [0.05, 0.1) is 13.7 Å². The van der Waals surface area contributed by atoms with E-state index in [-0.39, 0.29) is 5.91 Å². The molecule has 1 N–H and O–H groups in total. The van der Waals surface area contributed by atoms with E-state index in [0.717, 1.165) is 38.0 Å². The van der Waals surface area contributed by atoms with E-state index in [1.807, 2.05) is 12.1 Å². The Morgan fingerprint density at radius 2 is 2.05 bits per heavy atom. The third-order valence-electron chi connectivity index (χ3n) is 4.15. The first-order chi connectivity index (χ1) is 9.76. The second-order valence-electron chi connectivity index (χ2n) is 5.74. The number of hydrogen-bond donors (Lipinski definition) is 1. The molecule has 1 heterocycles. The Hall–Kier alpha value is -1.55. The van der Waals surface area contributed by atoms with Crippen LogP contribution in [-0.2, 0) is 4.79 Å². The highest BCUT2D eigenvalue weighted by Gasteiger charge is 2.29. The van der Waals surface area contributed by atoms with Gasteiger partial charge >= 0.3 is 0 Å². The lowest BCUT2D eigenvalue weighted by atomic mass is 10.0. The first kappa shape index (κ1) is 13.4. The second-order valence-corrected chi connectivity index (χ2v) is 5.74. The summed E-state index contributed by atoms with van der Waals surface area (Å²) in [7, 11) is 1.68. The Labute approximate surface area is 120 Å². The van der Waals surface area contributed by atoms with Crippen molar-refractivity contribution in [2.45, 2.75) is 37.8 Å². The van der Waals surface area contributed by atoms with E-state index < -0.39 is 0 Å². The minimum atomic E-state index is 0.174. The standard InChI is InChI=1S/C16H22N2O2/c1-20-14-8-4-12(5-9-14)15-3-2-10-18(15)11-16(19)17-13-6-7-13/h4-5,8-9,13,15H,2-3,6-7,10-11H2,1H3,(H,17,19). The molecule has 1 unspecified atom stereocenters. The summed E-state index contributed by atoms with van der Waals surface area (Å²) in [6.45, 7) is 1.53. The number of methoxy groups -OCH3 is 1. The van der Waals surface area contributed by atoms with Crippen molar-refractivity contribution in [3.05, 3.63) is 29.8 Å². The zero-order valence-electron chi connectivity index (χ0n) is 12.0. The topological polar surface area (TPSA) is 41.6 Å². The summed E-state index contributed by atoms with van der Waals surface area (Å²) >= 11 is 0. The van der Waals surface area contributed by atoms with Crippen LogP contribution in [0.25, 0.3) is 0 Å². The van der Waals surface area contributed by atoms with Crippen molar-refractivity contribution in [3.8, 4) is 5.75 Å². The summed E-state index contributed by atoms with van der Waals surface area (Å²) in [5, 5.41) is 3.07. The van der Waals surface area contributed by atoms with E-state index >= 15 is 0 Å². The number of likely N-dealkylation sites (tertiary alicyclic amines) is 1. The summed E-state index contributed by atoms with van der Waals surface area (Å²) in [5.74, 6) is 1.05. The Bertz CT molecular complexity index is 468. The molecule has 0 radical (unpaired) electrons. The molecule has 0 spiro atoms. The average molecular weight is 274 g/mol. The maximum Gasteiger partial charge on any atom is 0.234 e. The Balaban J connectivity index is 1.62. The smallest absolute Gasteiger partial charge is 0.234 e. The van der Waals surface area contributed by atoms with E-state index in [4.69, 9.17) is 4.74 Å². The van der Waals surface area contributed by atoms with E-state index in [9.17, 15) is 4.79 Å². The van der Waals surface area contributed by atoms with Crippen LogP contribution in [-0.4, -0.2) is 37.0 Å². The lowest BCUT2D eigenvalue weighted by Gasteiger charge is -2.24. The number of rotatable bonds is 5. The highest BCUT2D eigenvalue weighted by Crippen LogP contribution is 2.32. The summed E-state index contributed by atoms with van der Waals surface area (Å²) in [4.78, 5) is 14.2. The van der Waals surface area contributed by atoms with E-state index in [1.54, 1.807) is 7.11 Å². The van der Waals surface area contributed by atoms with Crippen LogP contribution in [0.3, 0.4) is 0 Å². The average Bonchev–Trinajstić information content (AvgIpc) is 3.15. The van der Waals surface area contributed by atoms with Crippen LogP contribution in [0.1, 0.15) is 37.3 Å². The highest BCUT2D eigenvalue weighted by molar-refractivity contribution is 5.78. The van der Waals surface area contributed by atoms with Gasteiger partial charge in [-0.1, -0.05) is 12.1 Å². The highest BCUT2D eigenvalue weighted by atomic mass is 16.5. The zero-order chi connectivity index (χ0) is 13.9. The van der Waals surface area contributed by atoms with Crippen molar-refractivity contribution in [2.24, 2.45) is 0 Å². The first-order valence-corrected chi connectivity index (χ1v) is 7.43. The number of hydrogen-bond acceptors (Lipinski definition) is 3. The molecule has 1 saturated heterocycles. The van der Waals surface area contributed by atoms with Gasteiger partial charge in [0.25, 0.3) is 0 Å². The fraction of sp³-hybridized carbons (Fsp3) is 0.562. The molecule has 0 aromatic heterocycles.